The molecule has 0 unspecified atom stereocenters. The Morgan fingerprint density at radius 3 is 2.85 bits per heavy atom. The van der Waals surface area contributed by atoms with Crippen LogP contribution in [-0.2, 0) is 4.79 Å². The number of thioether (sulfide) groups is 1. The van der Waals surface area contributed by atoms with Crippen LogP contribution in [0, 0.1) is 0 Å². The van der Waals surface area contributed by atoms with Gasteiger partial charge >= 0.3 is 0 Å². The number of rotatable bonds is 5. The maximum Gasteiger partial charge on any atom is 0.237 e. The van der Waals surface area contributed by atoms with E-state index in [1.54, 1.807) is 0 Å². The van der Waals surface area contributed by atoms with E-state index in [2.05, 4.69) is 20.5 Å². The van der Waals surface area contributed by atoms with Gasteiger partial charge in [0.1, 0.15) is 5.82 Å². The Bertz CT molecular complexity index is 594. The van der Waals surface area contributed by atoms with Crippen LogP contribution in [0.1, 0.15) is 31.5 Å². The Morgan fingerprint density at radius 2 is 2.15 bits per heavy atom. The molecule has 1 aromatic heterocycles. The highest BCUT2D eigenvalue weighted by atomic mass is 32.2. The standard InChI is InChI=1S/C14H16N4OS/c1-9(13(19)15-11-5-3-2-4-6-11)20-14-16-12(17-18-14)10-7-8-10/h2-6,9-10H,7-8H2,1H3,(H,15,19)(H,16,17,18)/t9-/m0/s1. The quantitative estimate of drug-likeness (QED) is 0.830. The summed E-state index contributed by atoms with van der Waals surface area (Å²) in [5, 5.41) is 10.4. The smallest absolute Gasteiger partial charge is 0.237 e. The van der Waals surface area contributed by atoms with Crippen LogP contribution in [0.4, 0.5) is 5.69 Å². The highest BCUT2D eigenvalue weighted by Gasteiger charge is 2.27. The number of nitrogens with zero attached hydrogens (tertiary/aromatic N) is 2. The molecule has 0 bridgehead atoms. The number of anilines is 1. The van der Waals surface area contributed by atoms with Gasteiger partial charge in [-0.1, -0.05) is 30.0 Å². The Morgan fingerprint density at radius 1 is 1.40 bits per heavy atom. The van der Waals surface area contributed by atoms with Gasteiger partial charge in [-0.25, -0.2) is 4.98 Å². The molecule has 3 rings (SSSR count). The first-order valence-electron chi connectivity index (χ1n) is 6.67. The van der Waals surface area contributed by atoms with Crippen molar-refractivity contribution in [2.24, 2.45) is 0 Å². The lowest BCUT2D eigenvalue weighted by atomic mass is 10.3. The van der Waals surface area contributed by atoms with Crippen molar-refractivity contribution in [1.29, 1.82) is 0 Å². The molecular formula is C14H16N4OS. The molecule has 6 heteroatoms. The van der Waals surface area contributed by atoms with Crippen LogP contribution in [0.5, 0.6) is 0 Å². The lowest BCUT2D eigenvalue weighted by Crippen LogP contribution is -2.22. The van der Waals surface area contributed by atoms with E-state index in [0.29, 0.717) is 11.1 Å². The maximum atomic E-state index is 12.1. The zero-order chi connectivity index (χ0) is 13.9. The molecular weight excluding hydrogens is 272 g/mol. The molecule has 0 radical (unpaired) electrons. The highest BCUT2D eigenvalue weighted by Crippen LogP contribution is 2.38. The summed E-state index contributed by atoms with van der Waals surface area (Å²) >= 11 is 1.37. The van der Waals surface area contributed by atoms with Gasteiger partial charge in [-0.3, -0.25) is 9.89 Å². The summed E-state index contributed by atoms with van der Waals surface area (Å²) in [7, 11) is 0. The van der Waals surface area contributed by atoms with Crippen LogP contribution >= 0.6 is 11.8 Å². The van der Waals surface area contributed by atoms with E-state index in [4.69, 9.17) is 0 Å². The molecule has 0 spiro atoms. The number of nitrogens with one attached hydrogen (secondary N) is 2. The molecule has 104 valence electrons. The molecule has 0 saturated heterocycles. The number of amides is 1. The van der Waals surface area contributed by atoms with Crippen molar-refractivity contribution in [2.45, 2.75) is 36.1 Å². The summed E-state index contributed by atoms with van der Waals surface area (Å²) in [6, 6.07) is 9.44. The molecule has 1 aliphatic carbocycles. The lowest BCUT2D eigenvalue weighted by Gasteiger charge is -2.09. The van der Waals surface area contributed by atoms with Crippen molar-refractivity contribution in [3.8, 4) is 0 Å². The van der Waals surface area contributed by atoms with Crippen molar-refractivity contribution in [1.82, 2.24) is 15.2 Å². The lowest BCUT2D eigenvalue weighted by molar-refractivity contribution is -0.115. The number of benzene rings is 1. The Labute approximate surface area is 121 Å². The third kappa shape index (κ3) is 3.19. The van der Waals surface area contributed by atoms with Crippen molar-refractivity contribution in [2.75, 3.05) is 5.32 Å². The van der Waals surface area contributed by atoms with Gasteiger partial charge in [0, 0.05) is 11.6 Å². The first-order valence-corrected chi connectivity index (χ1v) is 7.55. The fourth-order valence-corrected chi connectivity index (χ4v) is 2.56. The molecule has 1 saturated carbocycles. The Balaban J connectivity index is 1.57. The third-order valence-corrected chi connectivity index (χ3v) is 4.10. The van der Waals surface area contributed by atoms with E-state index in [-0.39, 0.29) is 11.2 Å². The van der Waals surface area contributed by atoms with Gasteiger partial charge in [0.25, 0.3) is 0 Å². The largest absolute Gasteiger partial charge is 0.325 e. The van der Waals surface area contributed by atoms with E-state index in [9.17, 15) is 4.79 Å². The molecule has 1 aliphatic rings. The van der Waals surface area contributed by atoms with Crippen LogP contribution < -0.4 is 5.32 Å². The summed E-state index contributed by atoms with van der Waals surface area (Å²) in [6.07, 6.45) is 2.37. The predicted molar refractivity (Wildman–Crippen MR) is 78.7 cm³/mol. The summed E-state index contributed by atoms with van der Waals surface area (Å²) in [4.78, 5) is 16.5. The Hall–Kier alpha value is -1.82. The van der Waals surface area contributed by atoms with Crippen molar-refractivity contribution < 1.29 is 4.79 Å². The van der Waals surface area contributed by atoms with Crippen molar-refractivity contribution in [3.05, 3.63) is 36.2 Å². The molecule has 1 aromatic carbocycles. The van der Waals surface area contributed by atoms with E-state index in [0.717, 1.165) is 11.5 Å². The summed E-state index contributed by atoms with van der Waals surface area (Å²) < 4.78 is 0. The number of aromatic amines is 1. The molecule has 5 nitrogen and oxygen atoms in total. The second kappa shape index (κ2) is 5.66. The number of H-pyrrole nitrogens is 1. The van der Waals surface area contributed by atoms with Crippen LogP contribution in [0.2, 0.25) is 0 Å². The zero-order valence-electron chi connectivity index (χ0n) is 11.2. The molecule has 1 fully saturated rings. The van der Waals surface area contributed by atoms with Crippen LogP contribution in [0.3, 0.4) is 0 Å². The monoisotopic (exact) mass is 288 g/mol. The van der Waals surface area contributed by atoms with Gasteiger partial charge in [-0.05, 0) is 31.9 Å². The number of carbonyl (C=O) groups excluding carboxylic acids is 1. The third-order valence-electron chi connectivity index (χ3n) is 3.14. The fraction of sp³-hybridized carbons (Fsp3) is 0.357. The number of aromatic nitrogens is 3. The van der Waals surface area contributed by atoms with Gasteiger partial charge in [0.2, 0.25) is 11.1 Å². The molecule has 1 heterocycles. The van der Waals surface area contributed by atoms with Gasteiger partial charge < -0.3 is 5.32 Å². The summed E-state index contributed by atoms with van der Waals surface area (Å²) in [5.74, 6) is 1.45. The van der Waals surface area contributed by atoms with Gasteiger partial charge in [-0.2, -0.15) is 0 Å². The average Bonchev–Trinajstić information content (AvgIpc) is 3.20. The fourth-order valence-electron chi connectivity index (χ4n) is 1.83. The molecule has 1 atom stereocenters. The number of hydrogen-bond acceptors (Lipinski definition) is 4. The van der Waals surface area contributed by atoms with E-state index < -0.39 is 0 Å². The van der Waals surface area contributed by atoms with Gasteiger partial charge in [-0.15, -0.1) is 5.10 Å². The molecule has 2 aromatic rings. The number of para-hydroxylation sites is 1. The SMILES string of the molecule is C[C@H](Sc1n[nH]c(C2CC2)n1)C(=O)Nc1ccccc1. The number of carbonyl (C=O) groups is 1. The second-order valence-corrected chi connectivity index (χ2v) is 6.20. The zero-order valence-corrected chi connectivity index (χ0v) is 12.0. The minimum atomic E-state index is -0.238. The van der Waals surface area contributed by atoms with E-state index in [1.165, 1.54) is 24.6 Å². The maximum absolute atomic E-state index is 12.1. The van der Waals surface area contributed by atoms with Crippen molar-refractivity contribution in [3.63, 3.8) is 0 Å². The summed E-state index contributed by atoms with van der Waals surface area (Å²) in [6.45, 7) is 1.86. The van der Waals surface area contributed by atoms with Gasteiger partial charge in [0.05, 0.1) is 5.25 Å². The average molecular weight is 288 g/mol. The molecule has 20 heavy (non-hydrogen) atoms. The normalized spacial score (nSPS) is 15.8. The van der Waals surface area contributed by atoms with Crippen LogP contribution in [0.15, 0.2) is 35.5 Å². The first-order chi connectivity index (χ1) is 9.72. The molecule has 2 N–H and O–H groups in total. The van der Waals surface area contributed by atoms with E-state index >= 15 is 0 Å². The van der Waals surface area contributed by atoms with E-state index in [1.807, 2.05) is 37.3 Å². The summed E-state index contributed by atoms with van der Waals surface area (Å²) in [5.41, 5.74) is 0.804. The Kier molecular flexibility index (Phi) is 3.73. The molecule has 1 amide bonds. The number of hydrogen-bond donors (Lipinski definition) is 2. The minimum absolute atomic E-state index is 0.0426. The predicted octanol–water partition coefficient (Wildman–Crippen LogP) is 2.80. The topological polar surface area (TPSA) is 70.7 Å². The van der Waals surface area contributed by atoms with Crippen LogP contribution in [-0.4, -0.2) is 26.3 Å². The van der Waals surface area contributed by atoms with Crippen LogP contribution in [0.25, 0.3) is 0 Å². The first kappa shape index (κ1) is 13.2. The van der Waals surface area contributed by atoms with Crippen molar-refractivity contribution >= 4 is 23.4 Å². The minimum Gasteiger partial charge on any atom is -0.325 e. The molecule has 0 aliphatic heterocycles. The van der Waals surface area contributed by atoms with Gasteiger partial charge in [0.15, 0.2) is 0 Å². The second-order valence-electron chi connectivity index (χ2n) is 4.89. The highest BCUT2D eigenvalue weighted by molar-refractivity contribution is 8.00.